The second kappa shape index (κ2) is 6.68. The summed E-state index contributed by atoms with van der Waals surface area (Å²) in [6, 6.07) is 3.43. The highest BCUT2D eigenvalue weighted by molar-refractivity contribution is 5.94. The van der Waals surface area contributed by atoms with Gasteiger partial charge in [-0.2, -0.15) is 0 Å². The summed E-state index contributed by atoms with van der Waals surface area (Å²) >= 11 is 0. The van der Waals surface area contributed by atoms with E-state index in [4.69, 9.17) is 15.4 Å². The molecule has 0 spiro atoms. The zero-order valence-corrected chi connectivity index (χ0v) is 10.7. The molecule has 3 N–H and O–H groups in total. The molecule has 0 unspecified atom stereocenters. The van der Waals surface area contributed by atoms with Crippen molar-refractivity contribution >= 4 is 11.7 Å². The molecule has 0 aliphatic carbocycles. The van der Waals surface area contributed by atoms with Crippen LogP contribution in [-0.4, -0.2) is 34.9 Å². The predicted octanol–water partition coefficient (Wildman–Crippen LogP) is 1.44. The van der Waals surface area contributed by atoms with Crippen molar-refractivity contribution in [3.63, 3.8) is 0 Å². The molecule has 0 bridgehead atoms. The molecule has 1 amide bonds. The van der Waals surface area contributed by atoms with Gasteiger partial charge < -0.3 is 20.3 Å². The number of nitrogens with two attached hydrogens (primary N) is 1. The van der Waals surface area contributed by atoms with Gasteiger partial charge in [0.15, 0.2) is 11.6 Å². The number of amides is 1. The minimum Gasteiger partial charge on any atom is -0.456 e. The Morgan fingerprint density at radius 3 is 2.72 bits per heavy atom. The number of oxime groups is 1. The summed E-state index contributed by atoms with van der Waals surface area (Å²) in [5.74, 6) is 0.798. The molecule has 0 aliphatic rings. The molecule has 0 atom stereocenters. The molecule has 1 aromatic heterocycles. The largest absolute Gasteiger partial charge is 0.456 e. The third kappa shape index (κ3) is 3.51. The van der Waals surface area contributed by atoms with E-state index in [1.165, 1.54) is 4.90 Å². The van der Waals surface area contributed by atoms with Crippen molar-refractivity contribution in [2.45, 2.75) is 26.7 Å². The Balaban J connectivity index is 2.81. The summed E-state index contributed by atoms with van der Waals surface area (Å²) in [6.07, 6.45) is 1.52. The van der Waals surface area contributed by atoms with Gasteiger partial charge in [0.05, 0.1) is 6.54 Å². The fourth-order valence-electron chi connectivity index (χ4n) is 1.59. The summed E-state index contributed by atoms with van der Waals surface area (Å²) in [6.45, 7) is 4.52. The zero-order chi connectivity index (χ0) is 13.5. The smallest absolute Gasteiger partial charge is 0.289 e. The third-order valence-corrected chi connectivity index (χ3v) is 2.48. The second-order valence-electron chi connectivity index (χ2n) is 3.94. The van der Waals surface area contributed by atoms with Crippen LogP contribution in [0.15, 0.2) is 21.7 Å². The number of carbonyl (C=O) groups excluding carboxylic acids is 1. The van der Waals surface area contributed by atoms with Gasteiger partial charge in [0, 0.05) is 13.0 Å². The average Bonchev–Trinajstić information content (AvgIpc) is 2.85. The standard InChI is InChI=1S/C12H19N3O3/c1-3-7-15(8-11(13)14-17)12(16)10-6-5-9(4-2)18-10/h5-6,17H,3-4,7-8H2,1-2H3,(H2,13,14). The van der Waals surface area contributed by atoms with Crippen molar-refractivity contribution in [2.75, 3.05) is 13.1 Å². The van der Waals surface area contributed by atoms with Crippen LogP contribution in [0, 0.1) is 0 Å². The highest BCUT2D eigenvalue weighted by Crippen LogP contribution is 2.11. The van der Waals surface area contributed by atoms with Gasteiger partial charge in [-0.25, -0.2) is 0 Å². The van der Waals surface area contributed by atoms with Gasteiger partial charge in [0.25, 0.3) is 5.91 Å². The topological polar surface area (TPSA) is 92.1 Å². The number of furan rings is 1. The van der Waals surface area contributed by atoms with E-state index in [-0.39, 0.29) is 24.0 Å². The quantitative estimate of drug-likeness (QED) is 0.347. The first-order chi connectivity index (χ1) is 8.62. The first kappa shape index (κ1) is 14.1. The molecule has 1 aromatic rings. The van der Waals surface area contributed by atoms with E-state index in [0.717, 1.165) is 18.6 Å². The van der Waals surface area contributed by atoms with E-state index < -0.39 is 0 Å². The van der Waals surface area contributed by atoms with E-state index in [1.54, 1.807) is 12.1 Å². The lowest BCUT2D eigenvalue weighted by Gasteiger charge is -2.19. The molecule has 6 nitrogen and oxygen atoms in total. The number of hydrogen-bond acceptors (Lipinski definition) is 4. The molecule has 18 heavy (non-hydrogen) atoms. The minimum atomic E-state index is -0.247. The average molecular weight is 253 g/mol. The normalized spacial score (nSPS) is 11.6. The highest BCUT2D eigenvalue weighted by atomic mass is 16.4. The molecular formula is C12H19N3O3. The summed E-state index contributed by atoms with van der Waals surface area (Å²) in [5.41, 5.74) is 5.43. The van der Waals surface area contributed by atoms with Gasteiger partial charge in [-0.1, -0.05) is 19.0 Å². The van der Waals surface area contributed by atoms with Gasteiger partial charge in [-0.05, 0) is 18.6 Å². The van der Waals surface area contributed by atoms with Crippen LogP contribution >= 0.6 is 0 Å². The Hall–Kier alpha value is -1.98. The van der Waals surface area contributed by atoms with E-state index in [2.05, 4.69) is 5.16 Å². The Morgan fingerprint density at radius 2 is 2.22 bits per heavy atom. The van der Waals surface area contributed by atoms with Gasteiger partial charge >= 0.3 is 0 Å². The summed E-state index contributed by atoms with van der Waals surface area (Å²) in [5, 5.41) is 11.4. The monoisotopic (exact) mass is 253 g/mol. The minimum absolute atomic E-state index is 0.000860. The molecule has 0 fully saturated rings. The summed E-state index contributed by atoms with van der Waals surface area (Å²) in [4.78, 5) is 13.6. The van der Waals surface area contributed by atoms with Crippen molar-refractivity contribution in [3.8, 4) is 0 Å². The molecule has 1 heterocycles. The molecule has 6 heteroatoms. The van der Waals surface area contributed by atoms with E-state index in [1.807, 2.05) is 13.8 Å². The molecule has 0 aliphatic heterocycles. The van der Waals surface area contributed by atoms with Crippen molar-refractivity contribution in [1.82, 2.24) is 4.90 Å². The first-order valence-electron chi connectivity index (χ1n) is 5.96. The lowest BCUT2D eigenvalue weighted by Crippen LogP contribution is -2.38. The number of nitrogens with zero attached hydrogens (tertiary/aromatic N) is 2. The van der Waals surface area contributed by atoms with Crippen molar-refractivity contribution in [2.24, 2.45) is 10.9 Å². The number of aryl methyl sites for hydroxylation is 1. The maximum absolute atomic E-state index is 12.2. The molecule has 0 radical (unpaired) electrons. The Kier molecular flexibility index (Phi) is 5.23. The van der Waals surface area contributed by atoms with Gasteiger partial charge in [0.1, 0.15) is 5.76 Å². The molecule has 0 aromatic carbocycles. The van der Waals surface area contributed by atoms with Crippen LogP contribution in [-0.2, 0) is 6.42 Å². The zero-order valence-electron chi connectivity index (χ0n) is 10.7. The number of hydrogen-bond donors (Lipinski definition) is 2. The fraction of sp³-hybridized carbons (Fsp3) is 0.500. The Bertz CT molecular complexity index is 426. The lowest BCUT2D eigenvalue weighted by molar-refractivity contribution is 0.0744. The molecule has 0 saturated carbocycles. The van der Waals surface area contributed by atoms with Crippen LogP contribution in [0.4, 0.5) is 0 Å². The highest BCUT2D eigenvalue weighted by Gasteiger charge is 2.19. The predicted molar refractivity (Wildman–Crippen MR) is 67.7 cm³/mol. The summed E-state index contributed by atoms with van der Waals surface area (Å²) in [7, 11) is 0. The SMILES string of the molecule is CCCN(CC(N)=NO)C(=O)c1ccc(CC)o1. The Morgan fingerprint density at radius 1 is 1.50 bits per heavy atom. The van der Waals surface area contributed by atoms with E-state index >= 15 is 0 Å². The summed E-state index contributed by atoms with van der Waals surface area (Å²) < 4.78 is 5.40. The van der Waals surface area contributed by atoms with Crippen LogP contribution in [0.3, 0.4) is 0 Å². The maximum atomic E-state index is 12.2. The molecular weight excluding hydrogens is 234 g/mol. The van der Waals surface area contributed by atoms with Crippen LogP contribution in [0.1, 0.15) is 36.6 Å². The van der Waals surface area contributed by atoms with Crippen LogP contribution in [0.25, 0.3) is 0 Å². The third-order valence-electron chi connectivity index (χ3n) is 2.48. The van der Waals surface area contributed by atoms with Gasteiger partial charge in [-0.15, -0.1) is 0 Å². The first-order valence-corrected chi connectivity index (χ1v) is 5.96. The fourth-order valence-corrected chi connectivity index (χ4v) is 1.59. The van der Waals surface area contributed by atoms with Gasteiger partial charge in [-0.3, -0.25) is 4.79 Å². The van der Waals surface area contributed by atoms with Crippen LogP contribution in [0.2, 0.25) is 0 Å². The van der Waals surface area contributed by atoms with Crippen LogP contribution < -0.4 is 5.73 Å². The number of carbonyl (C=O) groups is 1. The lowest BCUT2D eigenvalue weighted by atomic mass is 10.3. The van der Waals surface area contributed by atoms with Crippen molar-refractivity contribution < 1.29 is 14.4 Å². The van der Waals surface area contributed by atoms with E-state index in [0.29, 0.717) is 6.54 Å². The molecule has 0 saturated heterocycles. The molecule has 100 valence electrons. The Labute approximate surface area is 106 Å². The molecule has 1 rings (SSSR count). The van der Waals surface area contributed by atoms with Gasteiger partial charge in [0.2, 0.25) is 0 Å². The van der Waals surface area contributed by atoms with E-state index in [9.17, 15) is 4.79 Å². The number of rotatable bonds is 6. The number of amidine groups is 1. The van der Waals surface area contributed by atoms with Crippen molar-refractivity contribution in [3.05, 3.63) is 23.7 Å². The second-order valence-corrected chi connectivity index (χ2v) is 3.94. The maximum Gasteiger partial charge on any atom is 0.289 e. The van der Waals surface area contributed by atoms with Crippen molar-refractivity contribution in [1.29, 1.82) is 0 Å². The van der Waals surface area contributed by atoms with Crippen LogP contribution in [0.5, 0.6) is 0 Å².